The molecule has 7 nitrogen and oxygen atoms in total. The Morgan fingerprint density at radius 3 is 2.38 bits per heavy atom. The molecule has 4 aromatic rings. The van der Waals surface area contributed by atoms with Crippen LogP contribution in [0.2, 0.25) is 10.0 Å². The van der Waals surface area contributed by atoms with Crippen molar-refractivity contribution in [1.29, 1.82) is 0 Å². The standard InChI is InChI=1S/C26H21BrCl2F3N5O2/c1-12(2)33-23(38)18-19(24-34-35-25(39-24)26(9-10-26)21(30)22(31)32)36-37(17-8-7-15(28)11-16(17)29)20(18)13-3-5-14(27)6-4-13/h3-8,11-12,21-22H,9-10H2,1-2H3,(H,33,38). The third-order valence-corrected chi connectivity index (χ3v) is 7.45. The summed E-state index contributed by atoms with van der Waals surface area (Å²) < 4.78 is 49.0. The third-order valence-electron chi connectivity index (χ3n) is 6.38. The first-order valence-electron chi connectivity index (χ1n) is 11.9. The Morgan fingerprint density at radius 1 is 1.10 bits per heavy atom. The smallest absolute Gasteiger partial charge is 0.270 e. The Labute approximate surface area is 239 Å². The van der Waals surface area contributed by atoms with Gasteiger partial charge in [0.1, 0.15) is 0 Å². The summed E-state index contributed by atoms with van der Waals surface area (Å²) >= 11 is 16.1. The lowest BCUT2D eigenvalue weighted by Gasteiger charge is -2.14. The number of benzene rings is 2. The highest BCUT2D eigenvalue weighted by Crippen LogP contribution is 2.53. The predicted octanol–water partition coefficient (Wildman–Crippen LogP) is 7.43. The van der Waals surface area contributed by atoms with Crippen molar-refractivity contribution in [2.75, 3.05) is 0 Å². The summed E-state index contributed by atoms with van der Waals surface area (Å²) in [6.45, 7) is 3.59. The Kier molecular flexibility index (Phi) is 7.51. The Morgan fingerprint density at radius 2 is 1.79 bits per heavy atom. The number of carbonyl (C=O) groups excluding carboxylic acids is 1. The molecule has 1 unspecified atom stereocenters. The van der Waals surface area contributed by atoms with E-state index in [-0.39, 0.29) is 46.9 Å². The molecule has 1 amide bonds. The van der Waals surface area contributed by atoms with Crippen molar-refractivity contribution in [3.63, 3.8) is 0 Å². The van der Waals surface area contributed by atoms with E-state index in [0.29, 0.717) is 22.0 Å². The number of halogens is 6. The molecule has 0 spiro atoms. The number of amides is 1. The van der Waals surface area contributed by atoms with Crippen LogP contribution in [0.1, 0.15) is 42.9 Å². The summed E-state index contributed by atoms with van der Waals surface area (Å²) in [5, 5.41) is 16.1. The van der Waals surface area contributed by atoms with Crippen LogP contribution in [0, 0.1) is 0 Å². The highest BCUT2D eigenvalue weighted by atomic mass is 79.9. The van der Waals surface area contributed by atoms with Gasteiger partial charge in [-0.05, 0) is 57.0 Å². The van der Waals surface area contributed by atoms with Gasteiger partial charge in [0.25, 0.3) is 18.2 Å². The molecule has 1 saturated carbocycles. The molecule has 2 heterocycles. The molecule has 0 saturated heterocycles. The lowest BCUT2D eigenvalue weighted by atomic mass is 10.0. The van der Waals surface area contributed by atoms with Crippen LogP contribution in [0.5, 0.6) is 0 Å². The van der Waals surface area contributed by atoms with E-state index in [1.54, 1.807) is 50.2 Å². The topological polar surface area (TPSA) is 85.8 Å². The van der Waals surface area contributed by atoms with E-state index in [0.717, 1.165) is 4.47 Å². The van der Waals surface area contributed by atoms with E-state index < -0.39 is 23.9 Å². The van der Waals surface area contributed by atoms with Gasteiger partial charge in [-0.15, -0.1) is 10.2 Å². The number of aromatic nitrogens is 4. The summed E-state index contributed by atoms with van der Waals surface area (Å²) in [4.78, 5) is 13.6. The van der Waals surface area contributed by atoms with Crippen molar-refractivity contribution in [2.45, 2.75) is 50.7 Å². The Hall–Kier alpha value is -2.89. The van der Waals surface area contributed by atoms with E-state index in [1.165, 1.54) is 10.7 Å². The van der Waals surface area contributed by atoms with Gasteiger partial charge in [-0.1, -0.05) is 51.3 Å². The van der Waals surface area contributed by atoms with Crippen molar-refractivity contribution in [1.82, 2.24) is 25.3 Å². The molecule has 0 radical (unpaired) electrons. The van der Waals surface area contributed by atoms with Crippen molar-refractivity contribution >= 4 is 45.0 Å². The zero-order valence-corrected chi connectivity index (χ0v) is 23.7. The first-order valence-corrected chi connectivity index (χ1v) is 13.5. The number of nitrogens with zero attached hydrogens (tertiary/aromatic N) is 4. The second-order valence-electron chi connectivity index (χ2n) is 9.52. The maximum absolute atomic E-state index is 14.4. The minimum absolute atomic E-state index is 0.0147. The SMILES string of the molecule is CC(C)NC(=O)c1c(-c2nnc(C3(C(F)C(F)F)CC3)o2)nn(-c2ccc(Cl)cc2Cl)c1-c1ccc(Br)cc1. The number of rotatable bonds is 8. The molecule has 1 fully saturated rings. The van der Waals surface area contributed by atoms with E-state index >= 15 is 0 Å². The largest absolute Gasteiger partial charge is 0.418 e. The molecular weight excluding hydrogens is 622 g/mol. The van der Waals surface area contributed by atoms with Gasteiger partial charge in [0.15, 0.2) is 11.9 Å². The van der Waals surface area contributed by atoms with Gasteiger partial charge >= 0.3 is 0 Å². The van der Waals surface area contributed by atoms with Crippen LogP contribution in [-0.4, -0.2) is 44.5 Å². The normalized spacial score (nSPS) is 15.1. The lowest BCUT2D eigenvalue weighted by molar-refractivity contribution is 0.0223. The molecule has 0 bridgehead atoms. The molecule has 5 rings (SSSR count). The van der Waals surface area contributed by atoms with Crippen LogP contribution in [-0.2, 0) is 5.41 Å². The number of alkyl halides is 3. The van der Waals surface area contributed by atoms with Gasteiger partial charge in [-0.3, -0.25) is 4.79 Å². The molecule has 1 aliphatic carbocycles. The summed E-state index contributed by atoms with van der Waals surface area (Å²) in [7, 11) is 0. The average Bonchev–Trinajstić information content (AvgIpc) is 3.35. The van der Waals surface area contributed by atoms with Gasteiger partial charge in [0, 0.05) is 21.1 Å². The highest BCUT2D eigenvalue weighted by molar-refractivity contribution is 9.10. The molecular formula is C26H21BrCl2F3N5O2. The summed E-state index contributed by atoms with van der Waals surface area (Å²) in [6, 6.07) is 11.7. The van der Waals surface area contributed by atoms with Crippen molar-refractivity contribution in [3.8, 4) is 28.5 Å². The van der Waals surface area contributed by atoms with Crippen LogP contribution in [0.4, 0.5) is 13.2 Å². The maximum atomic E-state index is 14.4. The number of hydrogen-bond acceptors (Lipinski definition) is 5. The first-order chi connectivity index (χ1) is 18.5. The molecule has 2 aromatic heterocycles. The number of carbonyl (C=O) groups is 1. The van der Waals surface area contributed by atoms with Gasteiger partial charge in [0.2, 0.25) is 5.89 Å². The zero-order valence-electron chi connectivity index (χ0n) is 20.6. The minimum Gasteiger partial charge on any atom is -0.418 e. The van der Waals surface area contributed by atoms with E-state index in [4.69, 9.17) is 27.6 Å². The average molecular weight is 643 g/mol. The second-order valence-corrected chi connectivity index (χ2v) is 11.3. The van der Waals surface area contributed by atoms with Gasteiger partial charge in [-0.2, -0.15) is 5.10 Å². The molecule has 1 aliphatic rings. The predicted molar refractivity (Wildman–Crippen MR) is 144 cm³/mol. The fraction of sp³-hybridized carbons (Fsp3) is 0.308. The summed E-state index contributed by atoms with van der Waals surface area (Å²) in [5.74, 6) is -0.968. The molecule has 1 N–H and O–H groups in total. The van der Waals surface area contributed by atoms with Crippen molar-refractivity contribution in [3.05, 3.63) is 68.4 Å². The number of nitrogens with one attached hydrogen (secondary N) is 1. The van der Waals surface area contributed by atoms with Crippen LogP contribution in [0.25, 0.3) is 28.5 Å². The molecule has 204 valence electrons. The van der Waals surface area contributed by atoms with Crippen LogP contribution in [0.3, 0.4) is 0 Å². The van der Waals surface area contributed by atoms with Crippen LogP contribution >= 0.6 is 39.1 Å². The molecule has 13 heteroatoms. The Bertz CT molecular complexity index is 1540. The van der Waals surface area contributed by atoms with E-state index in [9.17, 15) is 18.0 Å². The summed E-state index contributed by atoms with van der Waals surface area (Å²) in [5.41, 5.74) is -0.116. The highest BCUT2D eigenvalue weighted by Gasteiger charge is 2.59. The summed E-state index contributed by atoms with van der Waals surface area (Å²) in [6.07, 6.45) is -5.39. The second kappa shape index (κ2) is 10.6. The molecule has 0 aliphatic heterocycles. The van der Waals surface area contributed by atoms with Gasteiger partial charge in [0.05, 0.1) is 27.4 Å². The monoisotopic (exact) mass is 641 g/mol. The van der Waals surface area contributed by atoms with Crippen molar-refractivity contribution in [2.24, 2.45) is 0 Å². The number of hydrogen-bond donors (Lipinski definition) is 1. The maximum Gasteiger partial charge on any atom is 0.270 e. The quantitative estimate of drug-likeness (QED) is 0.216. The lowest BCUT2D eigenvalue weighted by Crippen LogP contribution is -2.30. The minimum atomic E-state index is -3.20. The van der Waals surface area contributed by atoms with Crippen molar-refractivity contribution < 1.29 is 22.4 Å². The van der Waals surface area contributed by atoms with Gasteiger partial charge in [-0.25, -0.2) is 17.9 Å². The zero-order chi connectivity index (χ0) is 28.1. The molecule has 1 atom stereocenters. The fourth-order valence-electron chi connectivity index (χ4n) is 4.32. The third kappa shape index (κ3) is 5.19. The molecule has 2 aromatic carbocycles. The molecule has 39 heavy (non-hydrogen) atoms. The van der Waals surface area contributed by atoms with Crippen LogP contribution in [0.15, 0.2) is 51.4 Å². The fourth-order valence-corrected chi connectivity index (χ4v) is 5.08. The van der Waals surface area contributed by atoms with E-state index in [2.05, 4.69) is 36.5 Å². The van der Waals surface area contributed by atoms with Crippen LogP contribution < -0.4 is 5.32 Å². The van der Waals surface area contributed by atoms with Gasteiger partial charge < -0.3 is 9.73 Å². The van der Waals surface area contributed by atoms with E-state index in [1.807, 2.05) is 0 Å². The first kappa shape index (κ1) is 27.7. The Balaban J connectivity index is 1.75.